The average Bonchev–Trinajstić information content (AvgIpc) is 2.31. The number of rotatable bonds is 4. The molecule has 1 heterocycles. The molecule has 6 nitrogen and oxygen atoms in total. The van der Waals surface area contributed by atoms with Crippen molar-refractivity contribution in [2.75, 3.05) is 19.6 Å². The van der Waals surface area contributed by atoms with E-state index in [2.05, 4.69) is 10.6 Å². The van der Waals surface area contributed by atoms with E-state index in [-0.39, 0.29) is 24.7 Å². The second-order valence-corrected chi connectivity index (χ2v) is 5.15. The molecule has 4 N–H and O–H groups in total. The minimum absolute atomic E-state index is 0.0171. The maximum Gasteiger partial charge on any atom is 0.318 e. The van der Waals surface area contributed by atoms with Crippen LogP contribution in [0.25, 0.3) is 0 Å². The first kappa shape index (κ1) is 13.1. The number of nitrogens with one attached hydrogen (secondary N) is 2. The number of carbonyl (C=O) groups is 2. The topological polar surface area (TPSA) is 87.5 Å². The maximum atomic E-state index is 12.2. The van der Waals surface area contributed by atoms with Crippen LogP contribution < -0.4 is 16.4 Å². The Bertz CT molecular complexity index is 311. The minimum Gasteiger partial charge on any atom is -0.368 e. The highest BCUT2D eigenvalue weighted by Crippen LogP contribution is 2.19. The third-order valence-corrected chi connectivity index (χ3v) is 3.77. The quantitative estimate of drug-likeness (QED) is 0.648. The Morgan fingerprint density at radius 2 is 1.89 bits per heavy atom. The normalized spacial score (nSPS) is 21.1. The van der Waals surface area contributed by atoms with Crippen molar-refractivity contribution >= 4 is 11.9 Å². The summed E-state index contributed by atoms with van der Waals surface area (Å²) in [7, 11) is 0. The predicted octanol–water partition coefficient (Wildman–Crippen LogP) is -0.212. The third-order valence-electron chi connectivity index (χ3n) is 3.77. The van der Waals surface area contributed by atoms with Gasteiger partial charge in [-0.15, -0.1) is 0 Å². The predicted molar refractivity (Wildman–Crippen MR) is 68.0 cm³/mol. The van der Waals surface area contributed by atoms with Crippen LogP contribution in [-0.2, 0) is 4.79 Å². The Morgan fingerprint density at radius 1 is 1.22 bits per heavy atom. The fourth-order valence-corrected chi connectivity index (χ4v) is 2.46. The summed E-state index contributed by atoms with van der Waals surface area (Å²) in [6.07, 6.45) is 5.02. The zero-order valence-electron chi connectivity index (χ0n) is 10.7. The van der Waals surface area contributed by atoms with Crippen molar-refractivity contribution in [3.63, 3.8) is 0 Å². The van der Waals surface area contributed by atoms with Crippen LogP contribution in [0.5, 0.6) is 0 Å². The summed E-state index contributed by atoms with van der Waals surface area (Å²) in [6.45, 7) is 1.79. The highest BCUT2D eigenvalue weighted by Gasteiger charge is 2.29. The third kappa shape index (κ3) is 3.35. The van der Waals surface area contributed by atoms with E-state index < -0.39 is 5.91 Å². The van der Waals surface area contributed by atoms with Gasteiger partial charge in [-0.05, 0) is 45.2 Å². The number of primary amides is 1. The summed E-state index contributed by atoms with van der Waals surface area (Å²) in [5.74, 6) is -0.447. The molecule has 0 radical (unpaired) electrons. The van der Waals surface area contributed by atoms with E-state index in [9.17, 15) is 9.59 Å². The van der Waals surface area contributed by atoms with E-state index in [4.69, 9.17) is 5.73 Å². The second kappa shape index (κ2) is 6.04. The number of nitrogens with two attached hydrogens (primary N) is 1. The summed E-state index contributed by atoms with van der Waals surface area (Å²) in [5.41, 5.74) is 5.24. The lowest BCUT2D eigenvalue weighted by atomic mass is 9.93. The van der Waals surface area contributed by atoms with Crippen LogP contribution in [0.2, 0.25) is 0 Å². The number of hydrogen-bond donors (Lipinski definition) is 3. The average molecular weight is 254 g/mol. The Labute approximate surface area is 107 Å². The highest BCUT2D eigenvalue weighted by molar-refractivity contribution is 5.83. The van der Waals surface area contributed by atoms with Gasteiger partial charge in [-0.3, -0.25) is 4.79 Å². The summed E-state index contributed by atoms with van der Waals surface area (Å²) < 4.78 is 0. The van der Waals surface area contributed by atoms with Crippen molar-refractivity contribution in [1.82, 2.24) is 15.5 Å². The van der Waals surface area contributed by atoms with Gasteiger partial charge >= 0.3 is 6.03 Å². The number of hydrogen-bond acceptors (Lipinski definition) is 3. The molecule has 18 heavy (non-hydrogen) atoms. The lowest BCUT2D eigenvalue weighted by Gasteiger charge is -2.36. The van der Waals surface area contributed by atoms with Gasteiger partial charge in [-0.25, -0.2) is 4.79 Å². The number of nitrogens with zero attached hydrogens (tertiary/aromatic N) is 1. The molecule has 0 unspecified atom stereocenters. The van der Waals surface area contributed by atoms with Crippen LogP contribution in [0, 0.1) is 0 Å². The van der Waals surface area contributed by atoms with E-state index in [1.165, 1.54) is 6.42 Å². The molecule has 3 amide bonds. The molecular formula is C12H22N4O2. The van der Waals surface area contributed by atoms with Gasteiger partial charge in [0.2, 0.25) is 5.91 Å². The monoisotopic (exact) mass is 254 g/mol. The van der Waals surface area contributed by atoms with Crippen LogP contribution in [0.3, 0.4) is 0 Å². The molecule has 6 heteroatoms. The first-order valence-electron chi connectivity index (χ1n) is 6.73. The van der Waals surface area contributed by atoms with Gasteiger partial charge in [0.25, 0.3) is 0 Å². The molecule has 0 aromatic heterocycles. The number of piperidine rings is 1. The summed E-state index contributed by atoms with van der Waals surface area (Å²) >= 11 is 0. The molecule has 0 atom stereocenters. The molecule has 102 valence electrons. The van der Waals surface area contributed by atoms with Crippen molar-refractivity contribution in [2.24, 2.45) is 5.73 Å². The summed E-state index contributed by atoms with van der Waals surface area (Å²) in [6, 6.07) is 0.277. The van der Waals surface area contributed by atoms with Crippen molar-refractivity contribution in [1.29, 1.82) is 0 Å². The van der Waals surface area contributed by atoms with E-state index in [0.717, 1.165) is 38.8 Å². The van der Waals surface area contributed by atoms with E-state index in [1.807, 2.05) is 0 Å². The maximum absolute atomic E-state index is 12.2. The molecule has 0 aromatic rings. The second-order valence-electron chi connectivity index (χ2n) is 5.15. The molecule has 1 saturated heterocycles. The molecule has 0 spiro atoms. The van der Waals surface area contributed by atoms with Crippen LogP contribution in [0.4, 0.5) is 4.79 Å². The van der Waals surface area contributed by atoms with Crippen LogP contribution in [0.15, 0.2) is 0 Å². The van der Waals surface area contributed by atoms with Gasteiger partial charge in [-0.1, -0.05) is 0 Å². The van der Waals surface area contributed by atoms with Crippen LogP contribution in [-0.4, -0.2) is 48.6 Å². The molecular weight excluding hydrogens is 232 g/mol. The van der Waals surface area contributed by atoms with Gasteiger partial charge < -0.3 is 21.3 Å². The highest BCUT2D eigenvalue weighted by atomic mass is 16.2. The van der Waals surface area contributed by atoms with E-state index in [0.29, 0.717) is 0 Å². The van der Waals surface area contributed by atoms with Crippen molar-refractivity contribution < 1.29 is 9.59 Å². The molecule has 2 rings (SSSR count). The number of carbonyl (C=O) groups excluding carboxylic acids is 2. The van der Waals surface area contributed by atoms with Crippen molar-refractivity contribution in [3.05, 3.63) is 0 Å². The first-order chi connectivity index (χ1) is 8.66. The summed E-state index contributed by atoms with van der Waals surface area (Å²) in [4.78, 5) is 24.9. The van der Waals surface area contributed by atoms with Gasteiger partial charge in [0, 0.05) is 12.1 Å². The van der Waals surface area contributed by atoms with Gasteiger partial charge in [-0.2, -0.15) is 0 Å². The molecule has 1 saturated carbocycles. The van der Waals surface area contributed by atoms with Crippen LogP contribution >= 0.6 is 0 Å². The van der Waals surface area contributed by atoms with E-state index in [1.54, 1.807) is 4.90 Å². The zero-order chi connectivity index (χ0) is 13.0. The minimum atomic E-state index is -0.447. The number of amides is 3. The fraction of sp³-hybridized carbons (Fsp3) is 0.833. The smallest absolute Gasteiger partial charge is 0.318 e. The fourth-order valence-electron chi connectivity index (χ4n) is 2.46. The van der Waals surface area contributed by atoms with Gasteiger partial charge in [0.05, 0.1) is 0 Å². The summed E-state index contributed by atoms with van der Waals surface area (Å²) in [5, 5.41) is 6.23. The Balaban J connectivity index is 1.93. The Morgan fingerprint density at radius 3 is 2.39 bits per heavy atom. The van der Waals surface area contributed by atoms with E-state index >= 15 is 0 Å². The molecule has 1 aliphatic carbocycles. The van der Waals surface area contributed by atoms with Gasteiger partial charge in [0.1, 0.15) is 6.54 Å². The molecule has 1 aliphatic heterocycles. The standard InChI is InChI=1S/C12H22N4O2/c13-11(17)8-16(10-4-6-14-7-5-10)12(18)15-9-2-1-3-9/h9-10,14H,1-8H2,(H2,13,17)(H,15,18). The lowest BCUT2D eigenvalue weighted by molar-refractivity contribution is -0.119. The SMILES string of the molecule is NC(=O)CN(C(=O)NC1CCC1)C1CCNCC1. The zero-order valence-corrected chi connectivity index (χ0v) is 10.7. The number of urea groups is 1. The van der Waals surface area contributed by atoms with Crippen LogP contribution in [0.1, 0.15) is 32.1 Å². The Kier molecular flexibility index (Phi) is 4.41. The molecule has 2 aliphatic rings. The van der Waals surface area contributed by atoms with Gasteiger partial charge in [0.15, 0.2) is 0 Å². The molecule has 0 aromatic carbocycles. The molecule has 0 bridgehead atoms. The Hall–Kier alpha value is -1.30. The lowest BCUT2D eigenvalue weighted by Crippen LogP contribution is -2.55. The van der Waals surface area contributed by atoms with Crippen molar-refractivity contribution in [2.45, 2.75) is 44.2 Å². The van der Waals surface area contributed by atoms with Crippen molar-refractivity contribution in [3.8, 4) is 0 Å². The molecule has 2 fully saturated rings. The first-order valence-corrected chi connectivity index (χ1v) is 6.73. The largest absolute Gasteiger partial charge is 0.368 e.